The average molecular weight is 299 g/mol. The van der Waals surface area contributed by atoms with Crippen LogP contribution in [0.2, 0.25) is 0 Å². The zero-order valence-corrected chi connectivity index (χ0v) is 13.3. The highest BCUT2D eigenvalue weighted by Gasteiger charge is 2.35. The van der Waals surface area contributed by atoms with Crippen LogP contribution in [0.5, 0.6) is 0 Å². The standard InChI is InChI=1S/C17H21N3O2/c1-10-13(16(21)18-3)15(12-8-6-5-7-9-12)14(11(2)20-10)17(22)19-4/h5-9,15,20H,1-4H3,(H,18,21)(H,19,22). The molecular formula is C17H21N3O2. The first-order valence-electron chi connectivity index (χ1n) is 7.18. The van der Waals surface area contributed by atoms with Crippen molar-refractivity contribution in [2.24, 2.45) is 0 Å². The molecule has 2 rings (SSSR count). The molecular weight excluding hydrogens is 278 g/mol. The number of nitrogens with one attached hydrogen (secondary N) is 3. The molecule has 0 aliphatic carbocycles. The van der Waals surface area contributed by atoms with Gasteiger partial charge in [-0.2, -0.15) is 0 Å². The van der Waals surface area contributed by atoms with Gasteiger partial charge in [0.15, 0.2) is 0 Å². The Morgan fingerprint density at radius 3 is 1.77 bits per heavy atom. The van der Waals surface area contributed by atoms with E-state index in [2.05, 4.69) is 16.0 Å². The lowest BCUT2D eigenvalue weighted by Gasteiger charge is -2.31. The minimum absolute atomic E-state index is 0.187. The third-order valence-electron chi connectivity index (χ3n) is 3.84. The van der Waals surface area contributed by atoms with E-state index in [1.54, 1.807) is 14.1 Å². The van der Waals surface area contributed by atoms with Crippen molar-refractivity contribution >= 4 is 11.8 Å². The fourth-order valence-corrected chi connectivity index (χ4v) is 2.84. The normalized spacial score (nSPS) is 15.5. The molecule has 3 N–H and O–H groups in total. The van der Waals surface area contributed by atoms with Crippen molar-refractivity contribution in [2.45, 2.75) is 19.8 Å². The second-order valence-corrected chi connectivity index (χ2v) is 5.20. The molecule has 1 heterocycles. The molecule has 0 fully saturated rings. The van der Waals surface area contributed by atoms with E-state index in [0.29, 0.717) is 11.1 Å². The molecule has 0 saturated carbocycles. The van der Waals surface area contributed by atoms with Crippen LogP contribution in [0, 0.1) is 0 Å². The number of benzene rings is 1. The van der Waals surface area contributed by atoms with Crippen LogP contribution in [0.1, 0.15) is 25.3 Å². The molecule has 0 unspecified atom stereocenters. The maximum atomic E-state index is 12.4. The molecule has 1 aliphatic heterocycles. The van der Waals surface area contributed by atoms with Crippen molar-refractivity contribution < 1.29 is 9.59 Å². The van der Waals surface area contributed by atoms with E-state index < -0.39 is 0 Å². The Hall–Kier alpha value is -2.56. The summed E-state index contributed by atoms with van der Waals surface area (Å²) < 4.78 is 0. The third-order valence-corrected chi connectivity index (χ3v) is 3.84. The predicted octanol–water partition coefficient (Wildman–Crippen LogP) is 1.41. The topological polar surface area (TPSA) is 70.2 Å². The van der Waals surface area contributed by atoms with Gasteiger partial charge >= 0.3 is 0 Å². The largest absolute Gasteiger partial charge is 0.362 e. The average Bonchev–Trinajstić information content (AvgIpc) is 2.53. The highest BCUT2D eigenvalue weighted by Crippen LogP contribution is 2.37. The number of carbonyl (C=O) groups excluding carboxylic acids is 2. The highest BCUT2D eigenvalue weighted by atomic mass is 16.2. The fraction of sp³-hybridized carbons (Fsp3) is 0.294. The minimum atomic E-state index is -0.387. The molecule has 0 aromatic heterocycles. The molecule has 5 nitrogen and oxygen atoms in total. The van der Waals surface area contributed by atoms with Gasteiger partial charge in [0, 0.05) is 42.6 Å². The van der Waals surface area contributed by atoms with Gasteiger partial charge in [-0.25, -0.2) is 0 Å². The molecule has 0 atom stereocenters. The summed E-state index contributed by atoms with van der Waals surface area (Å²) in [6.07, 6.45) is 0. The molecule has 1 aliphatic rings. The van der Waals surface area contributed by atoms with Gasteiger partial charge < -0.3 is 16.0 Å². The summed E-state index contributed by atoms with van der Waals surface area (Å²) in [7, 11) is 3.19. The van der Waals surface area contributed by atoms with Crippen molar-refractivity contribution in [3.8, 4) is 0 Å². The summed E-state index contributed by atoms with van der Waals surface area (Å²) in [6, 6.07) is 9.59. The Balaban J connectivity index is 2.66. The van der Waals surface area contributed by atoms with Crippen LogP contribution >= 0.6 is 0 Å². The number of hydrogen-bond donors (Lipinski definition) is 3. The maximum Gasteiger partial charge on any atom is 0.249 e. The van der Waals surface area contributed by atoms with Crippen LogP contribution in [0.25, 0.3) is 0 Å². The molecule has 5 heteroatoms. The van der Waals surface area contributed by atoms with Crippen molar-refractivity contribution in [1.82, 2.24) is 16.0 Å². The predicted molar refractivity (Wildman–Crippen MR) is 85.9 cm³/mol. The van der Waals surface area contributed by atoms with Crippen LogP contribution in [-0.4, -0.2) is 25.9 Å². The number of amides is 2. The summed E-state index contributed by atoms with van der Waals surface area (Å²) in [5, 5.41) is 8.48. The van der Waals surface area contributed by atoms with Gasteiger partial charge in [-0.3, -0.25) is 9.59 Å². The second kappa shape index (κ2) is 6.47. The summed E-state index contributed by atoms with van der Waals surface area (Å²) in [6.45, 7) is 3.70. The minimum Gasteiger partial charge on any atom is -0.362 e. The third kappa shape index (κ3) is 2.74. The van der Waals surface area contributed by atoms with Crippen molar-refractivity contribution in [2.75, 3.05) is 14.1 Å². The number of likely N-dealkylation sites (N-methyl/N-ethyl adjacent to an activating group) is 2. The van der Waals surface area contributed by atoms with Crippen LogP contribution in [0.15, 0.2) is 52.9 Å². The molecule has 0 spiro atoms. The monoisotopic (exact) mass is 299 g/mol. The first kappa shape index (κ1) is 15.8. The zero-order chi connectivity index (χ0) is 16.3. The summed E-state index contributed by atoms with van der Waals surface area (Å²) in [5.41, 5.74) is 3.58. The van der Waals surface area contributed by atoms with E-state index in [1.807, 2.05) is 44.2 Å². The maximum absolute atomic E-state index is 12.4. The van der Waals surface area contributed by atoms with Crippen molar-refractivity contribution in [1.29, 1.82) is 0 Å². The number of carbonyl (C=O) groups is 2. The Morgan fingerprint density at radius 1 is 0.909 bits per heavy atom. The Morgan fingerprint density at radius 2 is 1.36 bits per heavy atom. The van der Waals surface area contributed by atoms with Gasteiger partial charge in [-0.15, -0.1) is 0 Å². The Kier molecular flexibility index (Phi) is 4.65. The molecule has 2 amide bonds. The van der Waals surface area contributed by atoms with E-state index >= 15 is 0 Å². The van der Waals surface area contributed by atoms with E-state index in [0.717, 1.165) is 17.0 Å². The molecule has 22 heavy (non-hydrogen) atoms. The lowest BCUT2D eigenvalue weighted by atomic mass is 9.79. The summed E-state index contributed by atoms with van der Waals surface area (Å²) in [5.74, 6) is -0.761. The van der Waals surface area contributed by atoms with E-state index in [4.69, 9.17) is 0 Å². The number of hydrogen-bond acceptors (Lipinski definition) is 3. The van der Waals surface area contributed by atoms with Gasteiger partial charge in [0.25, 0.3) is 0 Å². The quantitative estimate of drug-likeness (QED) is 0.790. The van der Waals surface area contributed by atoms with Gasteiger partial charge in [0.05, 0.1) is 0 Å². The summed E-state index contributed by atoms with van der Waals surface area (Å²) >= 11 is 0. The molecule has 0 saturated heterocycles. The van der Waals surface area contributed by atoms with Gasteiger partial charge in [-0.1, -0.05) is 30.3 Å². The van der Waals surface area contributed by atoms with Gasteiger partial charge in [0.1, 0.15) is 0 Å². The van der Waals surface area contributed by atoms with E-state index in [-0.39, 0.29) is 17.7 Å². The SMILES string of the molecule is CNC(=O)C1=C(C)NC(C)=C(C(=O)NC)C1c1ccccc1. The molecule has 1 aromatic rings. The van der Waals surface area contributed by atoms with Crippen LogP contribution in [-0.2, 0) is 9.59 Å². The lowest BCUT2D eigenvalue weighted by molar-refractivity contribution is -0.117. The molecule has 116 valence electrons. The zero-order valence-electron chi connectivity index (χ0n) is 13.3. The van der Waals surface area contributed by atoms with E-state index in [9.17, 15) is 9.59 Å². The molecule has 0 bridgehead atoms. The summed E-state index contributed by atoms with van der Waals surface area (Å²) in [4.78, 5) is 24.7. The number of rotatable bonds is 3. The van der Waals surface area contributed by atoms with Crippen LogP contribution in [0.3, 0.4) is 0 Å². The lowest BCUT2D eigenvalue weighted by Crippen LogP contribution is -2.37. The first-order chi connectivity index (χ1) is 10.5. The number of dihydropyridines is 1. The van der Waals surface area contributed by atoms with Crippen LogP contribution in [0.4, 0.5) is 0 Å². The van der Waals surface area contributed by atoms with Gasteiger partial charge in [-0.05, 0) is 19.4 Å². The van der Waals surface area contributed by atoms with Crippen molar-refractivity contribution in [3.05, 3.63) is 58.4 Å². The molecule has 0 radical (unpaired) electrons. The van der Waals surface area contributed by atoms with Crippen LogP contribution < -0.4 is 16.0 Å². The first-order valence-corrected chi connectivity index (χ1v) is 7.18. The second-order valence-electron chi connectivity index (χ2n) is 5.20. The fourth-order valence-electron chi connectivity index (χ4n) is 2.84. The Labute approximate surface area is 130 Å². The molecule has 1 aromatic carbocycles. The smallest absolute Gasteiger partial charge is 0.249 e. The van der Waals surface area contributed by atoms with E-state index in [1.165, 1.54) is 0 Å². The number of allylic oxidation sites excluding steroid dienone is 2. The van der Waals surface area contributed by atoms with Crippen molar-refractivity contribution in [3.63, 3.8) is 0 Å². The highest BCUT2D eigenvalue weighted by molar-refractivity contribution is 6.03. The Bertz CT molecular complexity index is 622. The van der Waals surface area contributed by atoms with Gasteiger partial charge in [0.2, 0.25) is 11.8 Å².